The molecule has 2 rings (SSSR count). The van der Waals surface area contributed by atoms with Gasteiger partial charge in [0.25, 0.3) is 0 Å². The number of halogens is 1. The number of benzene rings is 1. The Kier molecular flexibility index (Phi) is 5.35. The molecule has 1 aromatic rings. The lowest BCUT2D eigenvalue weighted by molar-refractivity contribution is -0.136. The molecule has 0 radical (unpaired) electrons. The van der Waals surface area contributed by atoms with Gasteiger partial charge in [-0.05, 0) is 38.1 Å². The van der Waals surface area contributed by atoms with Gasteiger partial charge in [0, 0.05) is 37.9 Å². The Bertz CT molecular complexity index is 523. The van der Waals surface area contributed by atoms with E-state index in [-0.39, 0.29) is 30.1 Å². The molecule has 1 fully saturated rings. The van der Waals surface area contributed by atoms with Crippen molar-refractivity contribution in [2.75, 3.05) is 31.1 Å². The van der Waals surface area contributed by atoms with Crippen LogP contribution in [-0.2, 0) is 9.59 Å². The van der Waals surface area contributed by atoms with E-state index in [9.17, 15) is 14.0 Å². The Hall–Kier alpha value is -2.11. The molecule has 1 N–H and O–H groups in total. The number of amides is 2. The molecule has 1 saturated heterocycles. The van der Waals surface area contributed by atoms with Gasteiger partial charge >= 0.3 is 0 Å². The summed E-state index contributed by atoms with van der Waals surface area (Å²) in [5.41, 5.74) is 0.950. The average Bonchev–Trinajstić information content (AvgIpc) is 2.47. The Morgan fingerprint density at radius 2 is 1.73 bits per heavy atom. The normalized spacial score (nSPS) is 15.1. The first-order chi connectivity index (χ1) is 10.5. The van der Waals surface area contributed by atoms with E-state index in [0.717, 1.165) is 5.69 Å². The fourth-order valence-corrected chi connectivity index (χ4v) is 2.49. The van der Waals surface area contributed by atoms with Crippen LogP contribution in [0.25, 0.3) is 0 Å². The Morgan fingerprint density at radius 1 is 1.14 bits per heavy atom. The molecule has 0 unspecified atom stereocenters. The maximum Gasteiger partial charge on any atom is 0.232 e. The van der Waals surface area contributed by atoms with Crippen LogP contribution in [-0.4, -0.2) is 48.9 Å². The monoisotopic (exact) mass is 307 g/mol. The van der Waals surface area contributed by atoms with Crippen LogP contribution in [0.15, 0.2) is 24.3 Å². The predicted molar refractivity (Wildman–Crippen MR) is 83.1 cm³/mol. The van der Waals surface area contributed by atoms with Crippen LogP contribution in [0.5, 0.6) is 0 Å². The highest BCUT2D eigenvalue weighted by molar-refractivity contribution is 5.97. The third-order valence-electron chi connectivity index (χ3n) is 3.59. The number of carbonyl (C=O) groups excluding carboxylic acids is 2. The minimum Gasteiger partial charge on any atom is -0.368 e. The maximum absolute atomic E-state index is 12.9. The SMILES string of the molecule is CC(C)NC(=O)CC(=O)N1CCN(c2ccc(F)cc2)CC1. The topological polar surface area (TPSA) is 52.7 Å². The minimum atomic E-state index is -0.256. The first kappa shape index (κ1) is 16.3. The molecule has 0 spiro atoms. The lowest BCUT2D eigenvalue weighted by Crippen LogP contribution is -2.49. The highest BCUT2D eigenvalue weighted by Gasteiger charge is 2.23. The summed E-state index contributed by atoms with van der Waals surface area (Å²) in [6.45, 7) is 6.25. The molecule has 1 aromatic carbocycles. The van der Waals surface area contributed by atoms with Crippen LogP contribution in [0.1, 0.15) is 20.3 Å². The summed E-state index contributed by atoms with van der Waals surface area (Å²) in [5, 5.41) is 2.72. The Balaban J connectivity index is 1.82. The summed E-state index contributed by atoms with van der Waals surface area (Å²) in [7, 11) is 0. The molecule has 120 valence electrons. The lowest BCUT2D eigenvalue weighted by Gasteiger charge is -2.36. The van der Waals surface area contributed by atoms with Crippen LogP contribution in [0, 0.1) is 5.82 Å². The van der Waals surface area contributed by atoms with Gasteiger partial charge < -0.3 is 15.1 Å². The molecule has 0 bridgehead atoms. The highest BCUT2D eigenvalue weighted by Crippen LogP contribution is 2.17. The summed E-state index contributed by atoms with van der Waals surface area (Å²) >= 11 is 0. The zero-order valence-electron chi connectivity index (χ0n) is 13.0. The number of hydrogen-bond donors (Lipinski definition) is 1. The van der Waals surface area contributed by atoms with Gasteiger partial charge in [-0.15, -0.1) is 0 Å². The molecule has 1 heterocycles. The van der Waals surface area contributed by atoms with Crippen LogP contribution >= 0.6 is 0 Å². The van der Waals surface area contributed by atoms with Gasteiger partial charge in [0.05, 0.1) is 0 Å². The predicted octanol–water partition coefficient (Wildman–Crippen LogP) is 1.39. The maximum atomic E-state index is 12.9. The lowest BCUT2D eigenvalue weighted by atomic mass is 10.2. The molecule has 0 aliphatic carbocycles. The molecule has 0 atom stereocenters. The van der Waals surface area contributed by atoms with Crippen molar-refractivity contribution in [1.82, 2.24) is 10.2 Å². The van der Waals surface area contributed by atoms with E-state index in [4.69, 9.17) is 0 Å². The summed E-state index contributed by atoms with van der Waals surface area (Å²) in [5.74, 6) is -0.633. The summed E-state index contributed by atoms with van der Waals surface area (Å²) < 4.78 is 12.9. The second kappa shape index (κ2) is 7.24. The summed E-state index contributed by atoms with van der Waals surface area (Å²) in [4.78, 5) is 27.5. The first-order valence-electron chi connectivity index (χ1n) is 7.53. The highest BCUT2D eigenvalue weighted by atomic mass is 19.1. The molecule has 5 nitrogen and oxygen atoms in total. The van der Waals surface area contributed by atoms with Crippen LogP contribution in [0.4, 0.5) is 10.1 Å². The molecule has 0 aromatic heterocycles. The standard InChI is InChI=1S/C16H22FN3O2/c1-12(2)18-15(21)11-16(22)20-9-7-19(8-10-20)14-5-3-13(17)4-6-14/h3-6,12H,7-11H2,1-2H3,(H,18,21). The number of rotatable bonds is 4. The van der Waals surface area contributed by atoms with E-state index in [2.05, 4.69) is 10.2 Å². The minimum absolute atomic E-state index is 0.0376. The van der Waals surface area contributed by atoms with E-state index in [0.29, 0.717) is 26.2 Å². The number of anilines is 1. The average molecular weight is 307 g/mol. The third-order valence-corrected chi connectivity index (χ3v) is 3.59. The molecule has 0 saturated carbocycles. The van der Waals surface area contributed by atoms with E-state index in [1.54, 1.807) is 17.0 Å². The number of hydrogen-bond acceptors (Lipinski definition) is 3. The van der Waals surface area contributed by atoms with Crippen LogP contribution in [0.2, 0.25) is 0 Å². The summed E-state index contributed by atoms with van der Waals surface area (Å²) in [6, 6.07) is 6.38. The van der Waals surface area contributed by atoms with Crippen molar-refractivity contribution < 1.29 is 14.0 Å². The number of nitrogens with one attached hydrogen (secondary N) is 1. The van der Waals surface area contributed by atoms with Gasteiger partial charge in [0.2, 0.25) is 11.8 Å². The molecular formula is C16H22FN3O2. The zero-order valence-corrected chi connectivity index (χ0v) is 13.0. The van der Waals surface area contributed by atoms with Gasteiger partial charge in [-0.1, -0.05) is 0 Å². The third kappa shape index (κ3) is 4.44. The largest absolute Gasteiger partial charge is 0.368 e. The van der Waals surface area contributed by atoms with E-state index < -0.39 is 0 Å². The van der Waals surface area contributed by atoms with Crippen molar-refractivity contribution in [2.24, 2.45) is 0 Å². The van der Waals surface area contributed by atoms with Gasteiger partial charge in [-0.25, -0.2) is 4.39 Å². The molecule has 1 aliphatic rings. The van der Waals surface area contributed by atoms with Crippen molar-refractivity contribution in [3.63, 3.8) is 0 Å². The van der Waals surface area contributed by atoms with Crippen molar-refractivity contribution >= 4 is 17.5 Å². The molecular weight excluding hydrogens is 285 g/mol. The van der Waals surface area contributed by atoms with Crippen molar-refractivity contribution in [1.29, 1.82) is 0 Å². The second-order valence-corrected chi connectivity index (χ2v) is 5.74. The number of nitrogens with zero attached hydrogens (tertiary/aromatic N) is 2. The fraction of sp³-hybridized carbons (Fsp3) is 0.500. The molecule has 1 aliphatic heterocycles. The van der Waals surface area contributed by atoms with Gasteiger partial charge in [-0.3, -0.25) is 9.59 Å². The summed E-state index contributed by atoms with van der Waals surface area (Å²) in [6.07, 6.45) is -0.102. The van der Waals surface area contributed by atoms with Crippen molar-refractivity contribution in [3.8, 4) is 0 Å². The van der Waals surface area contributed by atoms with Crippen LogP contribution < -0.4 is 10.2 Å². The van der Waals surface area contributed by atoms with E-state index in [1.807, 2.05) is 13.8 Å². The van der Waals surface area contributed by atoms with Crippen LogP contribution in [0.3, 0.4) is 0 Å². The van der Waals surface area contributed by atoms with E-state index in [1.165, 1.54) is 12.1 Å². The molecule has 2 amide bonds. The molecule has 22 heavy (non-hydrogen) atoms. The number of carbonyl (C=O) groups is 2. The van der Waals surface area contributed by atoms with E-state index >= 15 is 0 Å². The van der Waals surface area contributed by atoms with Gasteiger partial charge in [-0.2, -0.15) is 0 Å². The smallest absolute Gasteiger partial charge is 0.232 e. The molecule has 6 heteroatoms. The van der Waals surface area contributed by atoms with Gasteiger partial charge in [0.15, 0.2) is 0 Å². The first-order valence-corrected chi connectivity index (χ1v) is 7.53. The number of piperazine rings is 1. The second-order valence-electron chi connectivity index (χ2n) is 5.74. The zero-order chi connectivity index (χ0) is 16.1. The van der Waals surface area contributed by atoms with Crippen molar-refractivity contribution in [3.05, 3.63) is 30.1 Å². The fourth-order valence-electron chi connectivity index (χ4n) is 2.49. The van der Waals surface area contributed by atoms with Crippen molar-refractivity contribution in [2.45, 2.75) is 26.3 Å². The quantitative estimate of drug-likeness (QED) is 0.855. The Morgan fingerprint density at radius 3 is 2.27 bits per heavy atom. The Labute approximate surface area is 130 Å². The van der Waals surface area contributed by atoms with Gasteiger partial charge in [0.1, 0.15) is 12.2 Å².